The maximum absolute atomic E-state index is 13.1. The third kappa shape index (κ3) is 2.49. The first-order chi connectivity index (χ1) is 12.3. The molecule has 0 atom stereocenters. The smallest absolute Gasteiger partial charge is 0.416 e. The van der Waals surface area contributed by atoms with Crippen LogP contribution in [0.15, 0.2) is 56.3 Å². The molecule has 0 amide bonds. The Hall–Kier alpha value is -3.02. The fourth-order valence-corrected chi connectivity index (χ4v) is 3.20. The molecule has 0 saturated heterocycles. The van der Waals surface area contributed by atoms with E-state index < -0.39 is 17.4 Å². The largest absolute Gasteiger partial charge is 0.464 e. The van der Waals surface area contributed by atoms with Gasteiger partial charge in [0.25, 0.3) is 0 Å². The van der Waals surface area contributed by atoms with Gasteiger partial charge in [-0.15, -0.1) is 0 Å². The summed E-state index contributed by atoms with van der Waals surface area (Å²) in [4.78, 5) is 12.0. The maximum Gasteiger partial charge on any atom is 0.416 e. The Labute approximate surface area is 145 Å². The Morgan fingerprint density at radius 2 is 1.73 bits per heavy atom. The molecule has 0 spiro atoms. The van der Waals surface area contributed by atoms with Crippen LogP contribution in [0.2, 0.25) is 0 Å². The molecule has 4 rings (SSSR count). The van der Waals surface area contributed by atoms with Gasteiger partial charge in [-0.1, -0.05) is 12.1 Å². The number of benzene rings is 2. The quantitative estimate of drug-likeness (QED) is 0.401. The van der Waals surface area contributed by atoms with Gasteiger partial charge in [-0.05, 0) is 48.7 Å². The van der Waals surface area contributed by atoms with E-state index in [1.807, 2.05) is 6.92 Å². The normalized spacial score (nSPS) is 12.2. The molecule has 2 aromatic heterocycles. The van der Waals surface area contributed by atoms with Crippen LogP contribution in [-0.4, -0.2) is 0 Å². The van der Waals surface area contributed by atoms with Gasteiger partial charge < -0.3 is 8.83 Å². The number of halogens is 3. The first-order valence-corrected chi connectivity index (χ1v) is 7.88. The molecule has 2 heterocycles. The van der Waals surface area contributed by atoms with E-state index in [0.29, 0.717) is 33.2 Å². The fraction of sp³-hybridized carbons (Fsp3) is 0.150. The molecule has 132 valence electrons. The SMILES string of the molecule is Cc1coc2c(C)c3oc(=O)cc(-c4cccc(C(F)(F)F)c4)c3cc12. The molecule has 0 aliphatic carbocycles. The topological polar surface area (TPSA) is 43.4 Å². The monoisotopic (exact) mass is 358 g/mol. The standard InChI is InChI=1S/C20H13F3O3/c1-10-9-25-18-11(2)19-16(7-14(10)18)15(8-17(24)26-19)12-4-3-5-13(6-12)20(21,22)23/h3-9H,1-2H3. The van der Waals surface area contributed by atoms with Gasteiger partial charge in [0.1, 0.15) is 11.2 Å². The van der Waals surface area contributed by atoms with Gasteiger partial charge in [-0.3, -0.25) is 0 Å². The average molecular weight is 358 g/mol. The van der Waals surface area contributed by atoms with Crippen molar-refractivity contribution in [1.82, 2.24) is 0 Å². The lowest BCUT2D eigenvalue weighted by Gasteiger charge is -2.11. The highest BCUT2D eigenvalue weighted by atomic mass is 19.4. The van der Waals surface area contributed by atoms with Crippen LogP contribution < -0.4 is 5.63 Å². The number of furan rings is 1. The maximum atomic E-state index is 13.1. The summed E-state index contributed by atoms with van der Waals surface area (Å²) in [5, 5.41) is 1.40. The van der Waals surface area contributed by atoms with Crippen molar-refractivity contribution in [3.63, 3.8) is 0 Å². The summed E-state index contributed by atoms with van der Waals surface area (Å²) in [6.45, 7) is 3.63. The minimum Gasteiger partial charge on any atom is -0.464 e. The van der Waals surface area contributed by atoms with Crippen LogP contribution in [0.25, 0.3) is 33.1 Å². The molecule has 2 aromatic carbocycles. The van der Waals surface area contributed by atoms with Gasteiger partial charge in [-0.25, -0.2) is 4.79 Å². The van der Waals surface area contributed by atoms with Gasteiger partial charge in [0.2, 0.25) is 0 Å². The predicted octanol–water partition coefficient (Wildman–Crippen LogP) is 5.84. The number of rotatable bonds is 1. The third-order valence-electron chi connectivity index (χ3n) is 4.49. The molecule has 0 bridgehead atoms. The van der Waals surface area contributed by atoms with Crippen LogP contribution in [0.1, 0.15) is 16.7 Å². The van der Waals surface area contributed by atoms with Crippen molar-refractivity contribution in [1.29, 1.82) is 0 Å². The second-order valence-electron chi connectivity index (χ2n) is 6.23. The minimum atomic E-state index is -4.46. The lowest BCUT2D eigenvalue weighted by molar-refractivity contribution is -0.137. The van der Waals surface area contributed by atoms with E-state index in [1.165, 1.54) is 12.1 Å². The van der Waals surface area contributed by atoms with Crippen LogP contribution in [0.5, 0.6) is 0 Å². The lowest BCUT2D eigenvalue weighted by atomic mass is 9.97. The van der Waals surface area contributed by atoms with Crippen LogP contribution in [0.4, 0.5) is 13.2 Å². The van der Waals surface area contributed by atoms with Crippen LogP contribution in [-0.2, 0) is 6.18 Å². The van der Waals surface area contributed by atoms with Crippen molar-refractivity contribution in [2.24, 2.45) is 0 Å². The molecule has 3 nitrogen and oxygen atoms in total. The van der Waals surface area contributed by atoms with Crippen LogP contribution in [0.3, 0.4) is 0 Å². The fourth-order valence-electron chi connectivity index (χ4n) is 3.20. The highest BCUT2D eigenvalue weighted by molar-refractivity contribution is 6.04. The number of fused-ring (bicyclic) bond motifs is 2. The van der Waals surface area contributed by atoms with E-state index in [2.05, 4.69) is 0 Å². The van der Waals surface area contributed by atoms with E-state index in [9.17, 15) is 18.0 Å². The van der Waals surface area contributed by atoms with E-state index in [0.717, 1.165) is 23.1 Å². The Balaban J connectivity index is 2.10. The molecule has 0 fully saturated rings. The van der Waals surface area contributed by atoms with Crippen molar-refractivity contribution in [2.75, 3.05) is 0 Å². The summed E-state index contributed by atoms with van der Waals surface area (Å²) in [6.07, 6.45) is -2.87. The van der Waals surface area contributed by atoms with E-state index >= 15 is 0 Å². The molecule has 0 aliphatic rings. The third-order valence-corrected chi connectivity index (χ3v) is 4.49. The Bertz CT molecular complexity index is 1210. The van der Waals surface area contributed by atoms with Crippen molar-refractivity contribution in [3.05, 3.63) is 69.8 Å². The molecular weight excluding hydrogens is 345 g/mol. The molecule has 0 radical (unpaired) electrons. The summed E-state index contributed by atoms with van der Waals surface area (Å²) in [5.74, 6) is 0. The predicted molar refractivity (Wildman–Crippen MR) is 92.2 cm³/mol. The molecule has 4 aromatic rings. The second kappa shape index (κ2) is 5.49. The number of hydrogen-bond acceptors (Lipinski definition) is 3. The molecule has 0 saturated carbocycles. The molecule has 0 unspecified atom stereocenters. The summed E-state index contributed by atoms with van der Waals surface area (Å²) < 4.78 is 50.1. The number of aryl methyl sites for hydroxylation is 2. The van der Waals surface area contributed by atoms with Gasteiger partial charge >= 0.3 is 11.8 Å². The average Bonchev–Trinajstić information content (AvgIpc) is 2.96. The van der Waals surface area contributed by atoms with Gasteiger partial charge in [-0.2, -0.15) is 13.2 Å². The van der Waals surface area contributed by atoms with E-state index in [-0.39, 0.29) is 0 Å². The first-order valence-electron chi connectivity index (χ1n) is 7.88. The van der Waals surface area contributed by atoms with E-state index in [4.69, 9.17) is 8.83 Å². The zero-order valence-electron chi connectivity index (χ0n) is 13.9. The summed E-state index contributed by atoms with van der Waals surface area (Å²) in [7, 11) is 0. The van der Waals surface area contributed by atoms with Crippen LogP contribution >= 0.6 is 0 Å². The summed E-state index contributed by atoms with van der Waals surface area (Å²) >= 11 is 0. The Morgan fingerprint density at radius 1 is 0.962 bits per heavy atom. The van der Waals surface area contributed by atoms with Crippen LogP contribution in [0, 0.1) is 13.8 Å². The molecule has 26 heavy (non-hydrogen) atoms. The molecule has 6 heteroatoms. The number of hydrogen-bond donors (Lipinski definition) is 0. The van der Waals surface area contributed by atoms with Gasteiger partial charge in [0.05, 0.1) is 11.8 Å². The lowest BCUT2D eigenvalue weighted by Crippen LogP contribution is -2.05. The van der Waals surface area contributed by atoms with Crippen molar-refractivity contribution in [3.8, 4) is 11.1 Å². The van der Waals surface area contributed by atoms with Crippen molar-refractivity contribution < 1.29 is 22.0 Å². The Morgan fingerprint density at radius 3 is 2.46 bits per heavy atom. The van der Waals surface area contributed by atoms with E-state index in [1.54, 1.807) is 25.3 Å². The van der Waals surface area contributed by atoms with Crippen molar-refractivity contribution in [2.45, 2.75) is 20.0 Å². The summed E-state index contributed by atoms with van der Waals surface area (Å²) in [5.41, 5.74) is 1.74. The molecular formula is C20H13F3O3. The second-order valence-corrected chi connectivity index (χ2v) is 6.23. The highest BCUT2D eigenvalue weighted by Crippen LogP contribution is 2.37. The zero-order valence-corrected chi connectivity index (χ0v) is 13.9. The molecule has 0 aliphatic heterocycles. The number of alkyl halides is 3. The highest BCUT2D eigenvalue weighted by Gasteiger charge is 2.30. The molecule has 0 N–H and O–H groups in total. The first kappa shape index (κ1) is 16.4. The van der Waals surface area contributed by atoms with Gasteiger partial charge in [0, 0.05) is 22.4 Å². The zero-order chi connectivity index (χ0) is 18.6. The van der Waals surface area contributed by atoms with Crippen molar-refractivity contribution >= 4 is 21.9 Å². The minimum absolute atomic E-state index is 0.303. The Kier molecular flexibility index (Phi) is 3.47. The summed E-state index contributed by atoms with van der Waals surface area (Å²) in [6, 6.07) is 7.92. The van der Waals surface area contributed by atoms with Gasteiger partial charge in [0.15, 0.2) is 0 Å².